The monoisotopic (exact) mass is 233 g/mol. The molecule has 17 heavy (non-hydrogen) atoms. The third-order valence-corrected chi connectivity index (χ3v) is 3.56. The van der Waals surface area contributed by atoms with Gasteiger partial charge in [0, 0.05) is 6.04 Å². The number of likely N-dealkylation sites (tertiary alicyclic amines) is 1. The second-order valence-corrected chi connectivity index (χ2v) is 4.57. The Kier molecular flexibility index (Phi) is 3.79. The molecule has 1 heterocycles. The van der Waals surface area contributed by atoms with E-state index in [2.05, 4.69) is 11.8 Å². The second kappa shape index (κ2) is 5.32. The Hall–Kier alpha value is -1.35. The van der Waals surface area contributed by atoms with Gasteiger partial charge in [-0.2, -0.15) is 0 Å². The van der Waals surface area contributed by atoms with Crippen molar-refractivity contribution in [2.24, 2.45) is 0 Å². The van der Waals surface area contributed by atoms with Crippen LogP contribution in [0.15, 0.2) is 24.3 Å². The average Bonchev–Trinajstić information content (AvgIpc) is 2.39. The molecule has 2 rings (SSSR count). The predicted molar refractivity (Wildman–Crippen MR) is 67.2 cm³/mol. The lowest BCUT2D eigenvalue weighted by Gasteiger charge is -2.35. The van der Waals surface area contributed by atoms with Crippen LogP contribution in [0.2, 0.25) is 0 Å². The minimum atomic E-state index is -0.854. The fourth-order valence-electron chi connectivity index (χ4n) is 2.59. The van der Waals surface area contributed by atoms with E-state index in [0.717, 1.165) is 13.1 Å². The van der Waals surface area contributed by atoms with Crippen LogP contribution in [0.1, 0.15) is 48.1 Å². The van der Waals surface area contributed by atoms with Crippen molar-refractivity contribution < 1.29 is 9.90 Å². The van der Waals surface area contributed by atoms with Crippen molar-refractivity contribution in [3.8, 4) is 0 Å². The second-order valence-electron chi connectivity index (χ2n) is 4.57. The van der Waals surface area contributed by atoms with Gasteiger partial charge in [-0.1, -0.05) is 25.5 Å². The third-order valence-electron chi connectivity index (χ3n) is 3.56. The number of carboxylic acids is 1. The molecule has 1 aromatic rings. The summed E-state index contributed by atoms with van der Waals surface area (Å²) in [5.41, 5.74) is 1.61. The Balaban J connectivity index is 2.17. The average molecular weight is 233 g/mol. The number of carbonyl (C=O) groups is 1. The van der Waals surface area contributed by atoms with Crippen molar-refractivity contribution in [1.82, 2.24) is 4.90 Å². The number of benzene rings is 1. The molecule has 0 spiro atoms. The Labute approximate surface area is 102 Å². The van der Waals surface area contributed by atoms with Crippen LogP contribution in [0.25, 0.3) is 0 Å². The number of rotatable bonds is 3. The van der Waals surface area contributed by atoms with Gasteiger partial charge in [0.2, 0.25) is 0 Å². The first kappa shape index (κ1) is 12.1. The number of hydrogen-bond donors (Lipinski definition) is 1. The van der Waals surface area contributed by atoms with E-state index in [4.69, 9.17) is 5.11 Å². The van der Waals surface area contributed by atoms with Gasteiger partial charge in [0.15, 0.2) is 0 Å². The first-order chi connectivity index (χ1) is 8.22. The molecule has 0 aromatic heterocycles. The molecule has 1 fully saturated rings. The summed E-state index contributed by atoms with van der Waals surface area (Å²) in [4.78, 5) is 13.3. The van der Waals surface area contributed by atoms with E-state index >= 15 is 0 Å². The zero-order chi connectivity index (χ0) is 12.3. The summed E-state index contributed by atoms with van der Waals surface area (Å²) >= 11 is 0. The molecule has 1 aliphatic heterocycles. The number of carboxylic acid groups (broad SMARTS) is 1. The highest BCUT2D eigenvalue weighted by Gasteiger charge is 2.22. The van der Waals surface area contributed by atoms with E-state index in [1.807, 2.05) is 12.1 Å². The molecule has 1 N–H and O–H groups in total. The van der Waals surface area contributed by atoms with Gasteiger partial charge in [0.05, 0.1) is 5.56 Å². The molecule has 92 valence electrons. The van der Waals surface area contributed by atoms with Crippen LogP contribution >= 0.6 is 0 Å². The predicted octanol–water partition coefficient (Wildman–Crippen LogP) is 2.93. The van der Waals surface area contributed by atoms with Crippen LogP contribution in [-0.2, 0) is 0 Å². The Bertz CT molecular complexity index is 386. The first-order valence-electron chi connectivity index (χ1n) is 6.29. The summed E-state index contributed by atoms with van der Waals surface area (Å²) in [5.74, 6) is -0.854. The number of aromatic carboxylic acids is 1. The third kappa shape index (κ3) is 2.67. The molecular weight excluding hydrogens is 214 g/mol. The molecule has 0 radical (unpaired) electrons. The molecule has 0 saturated carbocycles. The zero-order valence-electron chi connectivity index (χ0n) is 10.2. The molecule has 3 heteroatoms. The maximum Gasteiger partial charge on any atom is 0.335 e. The lowest BCUT2D eigenvalue weighted by molar-refractivity contribution is 0.0697. The molecule has 1 aromatic carbocycles. The molecule has 0 bridgehead atoms. The van der Waals surface area contributed by atoms with Crippen molar-refractivity contribution in [1.29, 1.82) is 0 Å². The maximum absolute atomic E-state index is 10.8. The van der Waals surface area contributed by atoms with E-state index in [1.165, 1.54) is 24.8 Å². The van der Waals surface area contributed by atoms with Gasteiger partial charge in [-0.15, -0.1) is 0 Å². The molecule has 3 nitrogen and oxygen atoms in total. The van der Waals surface area contributed by atoms with Gasteiger partial charge in [0.25, 0.3) is 0 Å². The SMILES string of the molecule is CCN1CCCCC1c1ccc(C(=O)O)cc1. The summed E-state index contributed by atoms with van der Waals surface area (Å²) in [6.45, 7) is 4.40. The van der Waals surface area contributed by atoms with Crippen molar-refractivity contribution in [2.45, 2.75) is 32.2 Å². The zero-order valence-corrected chi connectivity index (χ0v) is 10.2. The van der Waals surface area contributed by atoms with Crippen molar-refractivity contribution in [2.75, 3.05) is 13.1 Å². The normalized spacial score (nSPS) is 21.4. The fraction of sp³-hybridized carbons (Fsp3) is 0.500. The summed E-state index contributed by atoms with van der Waals surface area (Å²) in [5, 5.41) is 8.87. The van der Waals surface area contributed by atoms with E-state index < -0.39 is 5.97 Å². The van der Waals surface area contributed by atoms with E-state index in [1.54, 1.807) is 12.1 Å². The quantitative estimate of drug-likeness (QED) is 0.872. The minimum Gasteiger partial charge on any atom is -0.478 e. The van der Waals surface area contributed by atoms with Crippen molar-refractivity contribution >= 4 is 5.97 Å². The van der Waals surface area contributed by atoms with Gasteiger partial charge in [0.1, 0.15) is 0 Å². The fourth-order valence-corrected chi connectivity index (χ4v) is 2.59. The highest BCUT2D eigenvalue weighted by molar-refractivity contribution is 5.87. The Morgan fingerprint density at radius 3 is 2.65 bits per heavy atom. The van der Waals surface area contributed by atoms with Gasteiger partial charge >= 0.3 is 5.97 Å². The number of nitrogens with zero attached hydrogens (tertiary/aromatic N) is 1. The maximum atomic E-state index is 10.8. The summed E-state index contributed by atoms with van der Waals surface area (Å²) in [6, 6.07) is 7.81. The van der Waals surface area contributed by atoms with Gasteiger partial charge in [-0.25, -0.2) is 4.79 Å². The minimum absolute atomic E-state index is 0.368. The van der Waals surface area contributed by atoms with Crippen LogP contribution in [0.3, 0.4) is 0 Å². The van der Waals surface area contributed by atoms with Gasteiger partial charge < -0.3 is 5.11 Å². The first-order valence-corrected chi connectivity index (χ1v) is 6.29. The summed E-state index contributed by atoms with van der Waals surface area (Å²) in [7, 11) is 0. The number of hydrogen-bond acceptors (Lipinski definition) is 2. The summed E-state index contributed by atoms with van der Waals surface area (Å²) < 4.78 is 0. The summed E-state index contributed by atoms with van der Waals surface area (Å²) in [6.07, 6.45) is 3.72. The molecule has 1 atom stereocenters. The number of piperidine rings is 1. The van der Waals surface area contributed by atoms with Gasteiger partial charge in [-0.05, 0) is 43.6 Å². The lowest BCUT2D eigenvalue weighted by atomic mass is 9.94. The standard InChI is InChI=1S/C14H19NO2/c1-2-15-10-4-3-5-13(15)11-6-8-12(9-7-11)14(16)17/h6-9,13H,2-5,10H2,1H3,(H,16,17). The Morgan fingerprint density at radius 2 is 2.06 bits per heavy atom. The largest absolute Gasteiger partial charge is 0.478 e. The molecule has 1 unspecified atom stereocenters. The Morgan fingerprint density at radius 1 is 1.35 bits per heavy atom. The molecule has 1 aliphatic rings. The topological polar surface area (TPSA) is 40.5 Å². The van der Waals surface area contributed by atoms with E-state index in [0.29, 0.717) is 11.6 Å². The van der Waals surface area contributed by atoms with Crippen LogP contribution in [0.4, 0.5) is 0 Å². The molecular formula is C14H19NO2. The van der Waals surface area contributed by atoms with Crippen LogP contribution in [-0.4, -0.2) is 29.1 Å². The van der Waals surface area contributed by atoms with Crippen LogP contribution in [0, 0.1) is 0 Å². The molecule has 0 amide bonds. The van der Waals surface area contributed by atoms with Crippen molar-refractivity contribution in [3.05, 3.63) is 35.4 Å². The molecule has 1 saturated heterocycles. The van der Waals surface area contributed by atoms with Gasteiger partial charge in [-0.3, -0.25) is 4.90 Å². The van der Waals surface area contributed by atoms with E-state index in [9.17, 15) is 4.79 Å². The smallest absolute Gasteiger partial charge is 0.335 e. The highest BCUT2D eigenvalue weighted by atomic mass is 16.4. The van der Waals surface area contributed by atoms with Crippen LogP contribution < -0.4 is 0 Å². The highest BCUT2D eigenvalue weighted by Crippen LogP contribution is 2.30. The van der Waals surface area contributed by atoms with Crippen LogP contribution in [0.5, 0.6) is 0 Å². The van der Waals surface area contributed by atoms with Crippen molar-refractivity contribution in [3.63, 3.8) is 0 Å². The lowest BCUT2D eigenvalue weighted by Crippen LogP contribution is -2.33. The molecule has 0 aliphatic carbocycles. The van der Waals surface area contributed by atoms with E-state index in [-0.39, 0.29) is 0 Å².